The molecule has 148 valence electrons. The van der Waals surface area contributed by atoms with Gasteiger partial charge < -0.3 is 15.5 Å². The van der Waals surface area contributed by atoms with Crippen molar-refractivity contribution in [3.63, 3.8) is 0 Å². The Hall–Kier alpha value is -2.41. The SMILES string of the molecule is CN=C(NCc1sc(-c2ccccc2)nc1C)N1CCCC2(CNC(=O)C2)C1. The van der Waals surface area contributed by atoms with E-state index in [1.54, 1.807) is 11.3 Å². The zero-order valence-corrected chi connectivity index (χ0v) is 17.3. The van der Waals surface area contributed by atoms with E-state index in [4.69, 9.17) is 4.98 Å². The quantitative estimate of drug-likeness (QED) is 0.617. The van der Waals surface area contributed by atoms with Gasteiger partial charge in [0, 0.05) is 49.0 Å². The van der Waals surface area contributed by atoms with Gasteiger partial charge in [-0.05, 0) is 19.8 Å². The van der Waals surface area contributed by atoms with E-state index in [9.17, 15) is 4.79 Å². The van der Waals surface area contributed by atoms with E-state index < -0.39 is 0 Å². The number of hydrogen-bond acceptors (Lipinski definition) is 4. The molecule has 2 N–H and O–H groups in total. The predicted octanol–water partition coefficient (Wildman–Crippen LogP) is 2.80. The molecule has 2 aliphatic rings. The molecule has 1 amide bonds. The number of guanidine groups is 1. The zero-order valence-electron chi connectivity index (χ0n) is 16.5. The summed E-state index contributed by atoms with van der Waals surface area (Å²) in [6.45, 7) is 5.42. The van der Waals surface area contributed by atoms with Crippen LogP contribution in [-0.2, 0) is 11.3 Å². The molecule has 7 heteroatoms. The normalized spacial score (nSPS) is 22.6. The van der Waals surface area contributed by atoms with Gasteiger partial charge in [-0.1, -0.05) is 30.3 Å². The molecule has 4 rings (SSSR count). The first-order chi connectivity index (χ1) is 13.6. The van der Waals surface area contributed by atoms with Gasteiger partial charge >= 0.3 is 0 Å². The lowest BCUT2D eigenvalue weighted by Crippen LogP contribution is -2.51. The van der Waals surface area contributed by atoms with Gasteiger partial charge in [-0.25, -0.2) is 4.98 Å². The second kappa shape index (κ2) is 7.91. The molecule has 0 bridgehead atoms. The Bertz CT molecular complexity index is 878. The summed E-state index contributed by atoms with van der Waals surface area (Å²) in [4.78, 5) is 24.5. The molecule has 0 saturated carbocycles. The third-order valence-electron chi connectivity index (χ3n) is 5.69. The van der Waals surface area contributed by atoms with Crippen molar-refractivity contribution in [2.45, 2.75) is 32.7 Å². The number of aromatic nitrogens is 1. The number of nitrogens with one attached hydrogen (secondary N) is 2. The smallest absolute Gasteiger partial charge is 0.220 e. The van der Waals surface area contributed by atoms with Gasteiger partial charge in [-0.2, -0.15) is 0 Å². The number of aliphatic imine (C=N–C) groups is 1. The molecule has 2 fully saturated rings. The highest BCUT2D eigenvalue weighted by Gasteiger charge is 2.42. The molecule has 2 saturated heterocycles. The molecular weight excluding hydrogens is 370 g/mol. The van der Waals surface area contributed by atoms with E-state index >= 15 is 0 Å². The highest BCUT2D eigenvalue weighted by atomic mass is 32.1. The average Bonchev–Trinajstić information content (AvgIpc) is 3.26. The Morgan fingerprint density at radius 2 is 2.21 bits per heavy atom. The van der Waals surface area contributed by atoms with E-state index in [-0.39, 0.29) is 11.3 Å². The van der Waals surface area contributed by atoms with E-state index in [1.165, 1.54) is 4.88 Å². The minimum Gasteiger partial charge on any atom is -0.355 e. The summed E-state index contributed by atoms with van der Waals surface area (Å²) < 4.78 is 0. The topological polar surface area (TPSA) is 69.6 Å². The summed E-state index contributed by atoms with van der Waals surface area (Å²) in [5, 5.41) is 7.58. The standard InChI is InChI=1S/C21H27N5OS/c1-15-17(28-19(25-15)16-7-4-3-5-8-16)12-23-20(22-2)26-10-6-9-21(14-26)11-18(27)24-13-21/h3-5,7-8H,6,9-14H2,1-2H3,(H,22,23)(H,24,27). The Labute approximate surface area is 170 Å². The minimum atomic E-state index is 0.0633. The van der Waals surface area contributed by atoms with Crippen LogP contribution >= 0.6 is 11.3 Å². The highest BCUT2D eigenvalue weighted by Crippen LogP contribution is 2.36. The van der Waals surface area contributed by atoms with Crippen molar-refractivity contribution in [3.8, 4) is 10.6 Å². The van der Waals surface area contributed by atoms with E-state index in [2.05, 4.69) is 39.6 Å². The van der Waals surface area contributed by atoms with Crippen LogP contribution in [0.4, 0.5) is 0 Å². The second-order valence-electron chi connectivity index (χ2n) is 7.77. The van der Waals surface area contributed by atoms with Crippen molar-refractivity contribution in [3.05, 3.63) is 40.9 Å². The lowest BCUT2D eigenvalue weighted by atomic mass is 9.79. The summed E-state index contributed by atoms with van der Waals surface area (Å²) in [5.74, 6) is 1.09. The molecule has 3 heterocycles. The number of piperidine rings is 1. The monoisotopic (exact) mass is 397 g/mol. The van der Waals surface area contributed by atoms with Crippen molar-refractivity contribution in [2.75, 3.05) is 26.7 Å². The fraction of sp³-hybridized carbons (Fsp3) is 0.476. The van der Waals surface area contributed by atoms with Crippen LogP contribution in [0.5, 0.6) is 0 Å². The molecule has 28 heavy (non-hydrogen) atoms. The van der Waals surface area contributed by atoms with Gasteiger partial charge in [0.1, 0.15) is 5.01 Å². The van der Waals surface area contributed by atoms with Crippen molar-refractivity contribution >= 4 is 23.2 Å². The Balaban J connectivity index is 1.42. The van der Waals surface area contributed by atoms with Crippen molar-refractivity contribution in [1.29, 1.82) is 0 Å². The van der Waals surface area contributed by atoms with Gasteiger partial charge in [0.15, 0.2) is 5.96 Å². The van der Waals surface area contributed by atoms with Crippen molar-refractivity contribution < 1.29 is 4.79 Å². The van der Waals surface area contributed by atoms with Crippen molar-refractivity contribution in [2.24, 2.45) is 10.4 Å². The number of rotatable bonds is 3. The Morgan fingerprint density at radius 3 is 2.93 bits per heavy atom. The molecule has 1 spiro atoms. The number of amides is 1. The number of carbonyl (C=O) groups is 1. The molecule has 6 nitrogen and oxygen atoms in total. The van der Waals surface area contributed by atoms with E-state index in [0.29, 0.717) is 13.0 Å². The third kappa shape index (κ3) is 3.90. The summed E-state index contributed by atoms with van der Waals surface area (Å²) >= 11 is 1.73. The molecule has 1 aromatic heterocycles. The lowest BCUT2D eigenvalue weighted by molar-refractivity contribution is -0.119. The van der Waals surface area contributed by atoms with Gasteiger partial charge in [0.05, 0.1) is 12.2 Å². The molecule has 0 aliphatic carbocycles. The third-order valence-corrected chi connectivity index (χ3v) is 6.90. The van der Waals surface area contributed by atoms with Gasteiger partial charge in [-0.3, -0.25) is 9.79 Å². The van der Waals surface area contributed by atoms with Crippen LogP contribution in [0.2, 0.25) is 0 Å². The van der Waals surface area contributed by atoms with Crippen LogP contribution in [0.3, 0.4) is 0 Å². The van der Waals surface area contributed by atoms with Gasteiger partial charge in [0.25, 0.3) is 0 Å². The summed E-state index contributed by atoms with van der Waals surface area (Å²) in [6, 6.07) is 10.3. The van der Waals surface area contributed by atoms with Crippen LogP contribution < -0.4 is 10.6 Å². The Morgan fingerprint density at radius 1 is 1.39 bits per heavy atom. The average molecular weight is 398 g/mol. The first-order valence-electron chi connectivity index (χ1n) is 9.83. The predicted molar refractivity (Wildman–Crippen MR) is 113 cm³/mol. The largest absolute Gasteiger partial charge is 0.355 e. The maximum Gasteiger partial charge on any atom is 0.220 e. The van der Waals surface area contributed by atoms with Crippen LogP contribution in [-0.4, -0.2) is 48.4 Å². The zero-order chi connectivity index (χ0) is 19.6. The maximum absolute atomic E-state index is 11.7. The molecular formula is C21H27N5OS. The molecule has 2 aromatic rings. The fourth-order valence-corrected chi connectivity index (χ4v) is 5.22. The first-order valence-corrected chi connectivity index (χ1v) is 10.6. The van der Waals surface area contributed by atoms with Crippen LogP contribution in [0.25, 0.3) is 10.6 Å². The first kappa shape index (κ1) is 18.9. The number of hydrogen-bond donors (Lipinski definition) is 2. The summed E-state index contributed by atoms with van der Waals surface area (Å²) in [5.41, 5.74) is 2.28. The molecule has 1 unspecified atom stereocenters. The Kier molecular flexibility index (Phi) is 5.35. The number of nitrogens with zero attached hydrogens (tertiary/aromatic N) is 3. The fourth-order valence-electron chi connectivity index (χ4n) is 4.22. The van der Waals surface area contributed by atoms with Gasteiger partial charge in [0.2, 0.25) is 5.91 Å². The lowest BCUT2D eigenvalue weighted by Gasteiger charge is -2.40. The number of benzene rings is 1. The van der Waals surface area contributed by atoms with E-state index in [1.807, 2.05) is 25.2 Å². The molecule has 1 atom stereocenters. The van der Waals surface area contributed by atoms with Crippen LogP contribution in [0.1, 0.15) is 29.8 Å². The van der Waals surface area contributed by atoms with Gasteiger partial charge in [-0.15, -0.1) is 11.3 Å². The number of aryl methyl sites for hydroxylation is 1. The van der Waals surface area contributed by atoms with Crippen LogP contribution in [0.15, 0.2) is 35.3 Å². The highest BCUT2D eigenvalue weighted by molar-refractivity contribution is 7.15. The summed E-state index contributed by atoms with van der Waals surface area (Å²) in [6.07, 6.45) is 2.83. The molecule has 2 aliphatic heterocycles. The minimum absolute atomic E-state index is 0.0633. The molecule has 0 radical (unpaired) electrons. The second-order valence-corrected chi connectivity index (χ2v) is 8.86. The molecule has 1 aromatic carbocycles. The number of thiazole rings is 1. The number of likely N-dealkylation sites (tertiary alicyclic amines) is 1. The number of carbonyl (C=O) groups excluding carboxylic acids is 1. The van der Waals surface area contributed by atoms with Crippen LogP contribution in [0, 0.1) is 12.3 Å². The van der Waals surface area contributed by atoms with E-state index in [0.717, 1.165) is 54.7 Å². The summed E-state index contributed by atoms with van der Waals surface area (Å²) in [7, 11) is 1.83. The maximum atomic E-state index is 11.7. The van der Waals surface area contributed by atoms with Crippen molar-refractivity contribution in [1.82, 2.24) is 20.5 Å².